The van der Waals surface area contributed by atoms with Crippen LogP contribution in [0, 0.1) is 10.8 Å². The number of benzene rings is 2. The molecule has 2 aromatic carbocycles. The van der Waals surface area contributed by atoms with Crippen LogP contribution in [0.1, 0.15) is 38.8 Å². The van der Waals surface area contributed by atoms with Crippen molar-refractivity contribution in [2.45, 2.75) is 27.7 Å². The molecule has 0 spiro atoms. The van der Waals surface area contributed by atoms with Gasteiger partial charge in [0.2, 0.25) is 0 Å². The van der Waals surface area contributed by atoms with Gasteiger partial charge in [0.05, 0.1) is 17.0 Å². The van der Waals surface area contributed by atoms with Crippen molar-refractivity contribution < 1.29 is 9.26 Å². The highest BCUT2D eigenvalue weighted by atomic mass is 31.1. The van der Waals surface area contributed by atoms with Crippen LogP contribution in [-0.4, -0.2) is 12.8 Å². The minimum Gasteiger partial charge on any atom is -0.492 e. The molecule has 0 saturated carbocycles. The Morgan fingerprint density at radius 3 is 2.28 bits per heavy atom. The van der Waals surface area contributed by atoms with Gasteiger partial charge in [-0.25, -0.2) is 0 Å². The highest BCUT2D eigenvalue weighted by molar-refractivity contribution is 7.58. The Morgan fingerprint density at radius 2 is 1.62 bits per heavy atom. The topological polar surface area (TPSA) is 18.5 Å². The van der Waals surface area contributed by atoms with Crippen LogP contribution in [0.5, 0.6) is 0 Å². The summed E-state index contributed by atoms with van der Waals surface area (Å²) in [6.45, 7) is 9.85. The lowest BCUT2D eigenvalue weighted by atomic mass is 9.73. The molecule has 2 nitrogen and oxygen atoms in total. The molecular weight excluding hydrogens is 430 g/mol. The Kier molecular flexibility index (Phi) is 5.43. The van der Waals surface area contributed by atoms with Gasteiger partial charge in [0.25, 0.3) is 0 Å². The summed E-state index contributed by atoms with van der Waals surface area (Å²) in [6, 6.07) is 21.3. The molecule has 3 aliphatic rings. The van der Waals surface area contributed by atoms with Crippen LogP contribution in [0.3, 0.4) is 0 Å². The zero-order valence-electron chi connectivity index (χ0n) is 19.2. The number of allylic oxidation sites excluding steroid dienone is 3. The van der Waals surface area contributed by atoms with Crippen LogP contribution in [0.25, 0.3) is 11.1 Å². The molecule has 4 atom stereocenters. The predicted octanol–water partition coefficient (Wildman–Crippen LogP) is 7.98. The number of hydrogen-bond donors (Lipinski definition) is 0. The fourth-order valence-corrected chi connectivity index (χ4v) is 8.46. The van der Waals surface area contributed by atoms with Crippen molar-refractivity contribution in [3.8, 4) is 0 Å². The van der Waals surface area contributed by atoms with Gasteiger partial charge < -0.3 is 9.26 Å². The summed E-state index contributed by atoms with van der Waals surface area (Å²) in [4.78, 5) is 0. The molecule has 0 amide bonds. The first kappa shape index (κ1) is 21.7. The normalized spacial score (nSPS) is 29.7. The SMILES string of the molecule is CC1=C(C2=C(C)C(C)(/C(=C\P)c3ccccc3)CO2)P2CC1(C)C(c1ccccc1)=CO2. The quantitative estimate of drug-likeness (QED) is 0.431. The lowest BCUT2D eigenvalue weighted by molar-refractivity contribution is 0.209. The molecule has 32 heavy (non-hydrogen) atoms. The lowest BCUT2D eigenvalue weighted by Crippen LogP contribution is -2.22. The van der Waals surface area contributed by atoms with Gasteiger partial charge in [-0.3, -0.25) is 0 Å². The van der Waals surface area contributed by atoms with Gasteiger partial charge in [-0.1, -0.05) is 73.4 Å². The molecule has 164 valence electrons. The lowest BCUT2D eigenvalue weighted by Gasteiger charge is -2.33. The molecule has 2 bridgehead atoms. The predicted molar refractivity (Wildman–Crippen MR) is 139 cm³/mol. The first-order valence-corrected chi connectivity index (χ1v) is 13.3. The third-order valence-corrected chi connectivity index (χ3v) is 10.3. The van der Waals surface area contributed by atoms with E-state index in [0.717, 1.165) is 11.9 Å². The van der Waals surface area contributed by atoms with Crippen LogP contribution < -0.4 is 0 Å². The number of rotatable bonds is 4. The average Bonchev–Trinajstić information content (AvgIpc) is 3.20. The highest BCUT2D eigenvalue weighted by Gasteiger charge is 2.51. The Hall–Kier alpha value is -2.14. The first-order valence-electron chi connectivity index (χ1n) is 11.1. The maximum atomic E-state index is 6.52. The van der Waals surface area contributed by atoms with Crippen molar-refractivity contribution in [3.63, 3.8) is 0 Å². The van der Waals surface area contributed by atoms with Gasteiger partial charge in [-0.2, -0.15) is 0 Å². The summed E-state index contributed by atoms with van der Waals surface area (Å²) in [7, 11) is 2.08. The van der Waals surface area contributed by atoms with Gasteiger partial charge in [0.15, 0.2) is 0 Å². The van der Waals surface area contributed by atoms with Crippen molar-refractivity contribution in [3.05, 3.63) is 106 Å². The molecule has 0 N–H and O–H groups in total. The Morgan fingerprint density at radius 1 is 0.969 bits per heavy atom. The van der Waals surface area contributed by atoms with Crippen molar-refractivity contribution in [1.29, 1.82) is 0 Å². The minimum absolute atomic E-state index is 0.0189. The first-order chi connectivity index (χ1) is 15.4. The van der Waals surface area contributed by atoms with Gasteiger partial charge in [0, 0.05) is 17.2 Å². The van der Waals surface area contributed by atoms with Gasteiger partial charge >= 0.3 is 0 Å². The largest absolute Gasteiger partial charge is 0.492 e. The summed E-state index contributed by atoms with van der Waals surface area (Å²) >= 11 is 0. The summed E-state index contributed by atoms with van der Waals surface area (Å²) in [5.74, 6) is 3.22. The van der Waals surface area contributed by atoms with E-state index in [0.29, 0.717) is 6.61 Å². The van der Waals surface area contributed by atoms with E-state index in [-0.39, 0.29) is 10.8 Å². The summed E-state index contributed by atoms with van der Waals surface area (Å²) in [5, 5.41) is 1.31. The highest BCUT2D eigenvalue weighted by Crippen LogP contribution is 2.70. The summed E-state index contributed by atoms with van der Waals surface area (Å²) in [6.07, 6.45) is 3.04. The molecule has 5 rings (SSSR count). The van der Waals surface area contributed by atoms with Crippen molar-refractivity contribution >= 4 is 28.5 Å². The van der Waals surface area contributed by atoms with E-state index in [1.807, 2.05) is 6.26 Å². The van der Waals surface area contributed by atoms with Crippen molar-refractivity contribution in [2.75, 3.05) is 12.8 Å². The Labute approximate surface area is 195 Å². The Bertz CT molecular complexity index is 1180. The van der Waals surface area contributed by atoms with E-state index in [9.17, 15) is 0 Å². The van der Waals surface area contributed by atoms with E-state index in [1.54, 1.807) is 0 Å². The zero-order chi connectivity index (χ0) is 22.5. The monoisotopic (exact) mass is 460 g/mol. The molecule has 3 heterocycles. The molecule has 0 aromatic heterocycles. The van der Waals surface area contributed by atoms with Crippen molar-refractivity contribution in [2.24, 2.45) is 10.8 Å². The minimum atomic E-state index is -0.725. The molecule has 4 heteroatoms. The fraction of sp³-hybridized carbons (Fsp3) is 0.286. The second-order valence-corrected chi connectivity index (χ2v) is 11.4. The van der Waals surface area contributed by atoms with Gasteiger partial charge in [-0.05, 0) is 48.6 Å². The fourth-order valence-electron chi connectivity index (χ4n) is 5.27. The van der Waals surface area contributed by atoms with Crippen LogP contribution in [0.15, 0.2) is 95.0 Å². The second-order valence-electron chi connectivity index (χ2n) is 9.37. The molecule has 3 aliphatic heterocycles. The molecule has 0 saturated heterocycles. The van der Waals surface area contributed by atoms with Gasteiger partial charge in [-0.15, -0.1) is 9.24 Å². The summed E-state index contributed by atoms with van der Waals surface area (Å²) in [5.41, 5.74) is 7.55. The third-order valence-electron chi connectivity index (χ3n) is 7.60. The number of hydrogen-bond acceptors (Lipinski definition) is 2. The molecule has 2 aromatic rings. The van der Waals surface area contributed by atoms with Gasteiger partial charge in [0.1, 0.15) is 20.5 Å². The standard InChI is InChI=1S/C28H30O2P2/c1-19-25(29-17-27(19,3)24(16-31)22-13-9-6-10-14-22)26-20(2)28(4)18-32(26)30-15-23(28)21-11-7-5-8-12-21/h5-16H,17-18,31H2,1-4H3/b24-16-. The zero-order valence-corrected chi connectivity index (χ0v) is 21.2. The summed E-state index contributed by atoms with van der Waals surface area (Å²) < 4.78 is 12.9. The molecule has 0 fully saturated rings. The van der Waals surface area contributed by atoms with E-state index >= 15 is 0 Å². The molecule has 4 unspecified atom stereocenters. The Balaban J connectivity index is 1.57. The van der Waals surface area contributed by atoms with Crippen LogP contribution >= 0.6 is 17.4 Å². The van der Waals surface area contributed by atoms with Crippen molar-refractivity contribution in [1.82, 2.24) is 0 Å². The van der Waals surface area contributed by atoms with E-state index < -0.39 is 8.15 Å². The molecular formula is C28H30O2P2. The second kappa shape index (κ2) is 8.02. The average molecular weight is 460 g/mol. The molecule has 0 radical (unpaired) electrons. The maximum absolute atomic E-state index is 6.52. The van der Waals surface area contributed by atoms with E-state index in [2.05, 4.69) is 103 Å². The maximum Gasteiger partial charge on any atom is 0.130 e. The number of fused-ring (bicyclic) bond motifs is 2. The van der Waals surface area contributed by atoms with E-state index in [1.165, 1.54) is 38.7 Å². The van der Waals surface area contributed by atoms with Crippen LogP contribution in [-0.2, 0) is 9.26 Å². The smallest absolute Gasteiger partial charge is 0.130 e. The van der Waals surface area contributed by atoms with Crippen LogP contribution in [0.2, 0.25) is 0 Å². The number of ether oxygens (including phenoxy) is 1. The van der Waals surface area contributed by atoms with Crippen LogP contribution in [0.4, 0.5) is 0 Å². The third kappa shape index (κ3) is 3.15. The van der Waals surface area contributed by atoms with E-state index in [4.69, 9.17) is 9.26 Å². The molecule has 0 aliphatic carbocycles.